The third kappa shape index (κ3) is 5.21. The van der Waals surface area contributed by atoms with Crippen molar-refractivity contribution in [3.63, 3.8) is 0 Å². The standard InChI is InChI=1S/C23H37N5O4Si/c1-13(2)9-18(29)32-17-10-16(14(3)15(17)11-31-33(7,8)23(4,5)6)28-12-25-19-20(28)26-22(24)27-21(19)30/h12-13,15-17H,3,9-11H2,1-2,4-8H3,(H3,24,26,27,30)/t15-,16-,17-/m0/s1. The van der Waals surface area contributed by atoms with E-state index in [1.807, 2.05) is 13.8 Å². The lowest BCUT2D eigenvalue weighted by molar-refractivity contribution is -0.151. The first-order valence-electron chi connectivity index (χ1n) is 11.5. The number of nitrogens with two attached hydrogens (primary N) is 1. The Labute approximate surface area is 195 Å². The van der Waals surface area contributed by atoms with Crippen LogP contribution in [0.25, 0.3) is 11.2 Å². The van der Waals surface area contributed by atoms with E-state index in [0.717, 1.165) is 5.57 Å². The molecule has 0 unspecified atom stereocenters. The highest BCUT2D eigenvalue weighted by Crippen LogP contribution is 2.44. The number of nitrogens with zero attached hydrogens (tertiary/aromatic N) is 3. The summed E-state index contributed by atoms with van der Waals surface area (Å²) in [6.45, 7) is 19.7. The molecule has 0 spiro atoms. The Morgan fingerprint density at radius 3 is 2.67 bits per heavy atom. The maximum atomic E-state index is 12.5. The molecule has 0 saturated heterocycles. The lowest BCUT2D eigenvalue weighted by atomic mass is 10.0. The smallest absolute Gasteiger partial charge is 0.306 e. The van der Waals surface area contributed by atoms with Gasteiger partial charge in [0.2, 0.25) is 5.95 Å². The number of carbonyl (C=O) groups excluding carboxylic acids is 1. The molecule has 1 saturated carbocycles. The minimum Gasteiger partial charge on any atom is -0.462 e. The molecule has 33 heavy (non-hydrogen) atoms. The number of nitrogen functional groups attached to an aromatic ring is 1. The lowest BCUT2D eigenvalue weighted by Crippen LogP contribution is -2.43. The molecule has 2 heterocycles. The maximum Gasteiger partial charge on any atom is 0.306 e. The minimum atomic E-state index is -2.02. The number of fused-ring (bicyclic) bond motifs is 1. The second-order valence-corrected chi connectivity index (χ2v) is 15.7. The van der Waals surface area contributed by atoms with Crippen molar-refractivity contribution in [1.29, 1.82) is 0 Å². The van der Waals surface area contributed by atoms with E-state index in [2.05, 4.69) is 55.4 Å². The van der Waals surface area contributed by atoms with Gasteiger partial charge in [0.1, 0.15) is 6.10 Å². The van der Waals surface area contributed by atoms with E-state index in [1.54, 1.807) is 10.9 Å². The average Bonchev–Trinajstić information content (AvgIpc) is 3.19. The normalized spacial score (nSPS) is 21.8. The number of hydrogen-bond acceptors (Lipinski definition) is 7. The van der Waals surface area contributed by atoms with Gasteiger partial charge >= 0.3 is 5.97 Å². The summed E-state index contributed by atoms with van der Waals surface area (Å²) in [5.41, 5.74) is 6.86. The topological polar surface area (TPSA) is 125 Å². The van der Waals surface area contributed by atoms with E-state index in [0.29, 0.717) is 25.1 Å². The Morgan fingerprint density at radius 2 is 2.06 bits per heavy atom. The quantitative estimate of drug-likeness (QED) is 0.354. The van der Waals surface area contributed by atoms with Gasteiger partial charge in [0.05, 0.1) is 12.4 Å². The van der Waals surface area contributed by atoms with Crippen molar-refractivity contribution in [3.05, 3.63) is 28.8 Å². The first kappa shape index (κ1) is 25.2. The lowest BCUT2D eigenvalue weighted by Gasteiger charge is -2.37. The number of imidazole rings is 1. The van der Waals surface area contributed by atoms with Crippen LogP contribution in [0.15, 0.2) is 23.3 Å². The van der Waals surface area contributed by atoms with Crippen LogP contribution in [-0.4, -0.2) is 46.5 Å². The van der Waals surface area contributed by atoms with E-state index >= 15 is 0 Å². The molecule has 2 aromatic rings. The fourth-order valence-electron chi connectivity index (χ4n) is 3.89. The van der Waals surface area contributed by atoms with Crippen LogP contribution < -0.4 is 11.3 Å². The summed E-state index contributed by atoms with van der Waals surface area (Å²) in [6, 6.07) is -0.242. The maximum absolute atomic E-state index is 12.5. The van der Waals surface area contributed by atoms with Gasteiger partial charge in [-0.3, -0.25) is 14.6 Å². The molecule has 1 fully saturated rings. The number of H-pyrrole nitrogens is 1. The summed E-state index contributed by atoms with van der Waals surface area (Å²) >= 11 is 0. The van der Waals surface area contributed by atoms with Crippen LogP contribution in [-0.2, 0) is 14.0 Å². The van der Waals surface area contributed by atoms with Crippen LogP contribution in [0.3, 0.4) is 0 Å². The van der Waals surface area contributed by atoms with Gasteiger partial charge in [-0.05, 0) is 29.6 Å². The van der Waals surface area contributed by atoms with Crippen molar-refractivity contribution in [2.45, 2.75) is 77.7 Å². The molecule has 0 bridgehead atoms. The third-order valence-corrected chi connectivity index (χ3v) is 11.4. The van der Waals surface area contributed by atoms with Gasteiger partial charge in [-0.2, -0.15) is 4.98 Å². The third-order valence-electron chi connectivity index (χ3n) is 6.88. The molecule has 0 aliphatic heterocycles. The molecule has 3 N–H and O–H groups in total. The van der Waals surface area contributed by atoms with Crippen LogP contribution in [0.2, 0.25) is 18.1 Å². The number of hydrogen-bond donors (Lipinski definition) is 2. The molecule has 0 radical (unpaired) electrons. The largest absolute Gasteiger partial charge is 0.462 e. The number of nitrogens with one attached hydrogen (secondary N) is 1. The average molecular weight is 476 g/mol. The van der Waals surface area contributed by atoms with Gasteiger partial charge in [-0.15, -0.1) is 0 Å². The Hall–Kier alpha value is -2.46. The Kier molecular flexibility index (Phi) is 6.91. The van der Waals surface area contributed by atoms with E-state index in [4.69, 9.17) is 14.9 Å². The van der Waals surface area contributed by atoms with Crippen LogP contribution in [0, 0.1) is 11.8 Å². The molecule has 9 nitrogen and oxygen atoms in total. The number of anilines is 1. The van der Waals surface area contributed by atoms with Gasteiger partial charge in [0.15, 0.2) is 19.5 Å². The van der Waals surface area contributed by atoms with Gasteiger partial charge < -0.3 is 19.5 Å². The number of carbonyl (C=O) groups is 1. The summed E-state index contributed by atoms with van der Waals surface area (Å²) in [6.07, 6.45) is 2.06. The number of ether oxygens (including phenoxy) is 1. The number of aromatic amines is 1. The highest BCUT2D eigenvalue weighted by molar-refractivity contribution is 6.74. The zero-order valence-corrected chi connectivity index (χ0v) is 21.8. The highest BCUT2D eigenvalue weighted by atomic mass is 28.4. The van der Waals surface area contributed by atoms with Gasteiger partial charge in [-0.25, -0.2) is 4.98 Å². The van der Waals surface area contributed by atoms with Crippen molar-refractivity contribution < 1.29 is 14.0 Å². The molecular weight excluding hydrogens is 438 g/mol. The summed E-state index contributed by atoms with van der Waals surface area (Å²) in [4.78, 5) is 35.8. The van der Waals surface area contributed by atoms with E-state index < -0.39 is 13.9 Å². The van der Waals surface area contributed by atoms with Crippen LogP contribution in [0.5, 0.6) is 0 Å². The summed E-state index contributed by atoms with van der Waals surface area (Å²) in [5.74, 6) is -0.168. The molecule has 1 aliphatic carbocycles. The molecule has 0 amide bonds. The molecule has 10 heteroatoms. The first-order chi connectivity index (χ1) is 15.2. The second-order valence-electron chi connectivity index (χ2n) is 10.9. The molecule has 3 atom stereocenters. The predicted octanol–water partition coefficient (Wildman–Crippen LogP) is 3.80. The fraction of sp³-hybridized carbons (Fsp3) is 0.652. The summed E-state index contributed by atoms with van der Waals surface area (Å²) < 4.78 is 14.2. The molecule has 2 aromatic heterocycles. The van der Waals surface area contributed by atoms with Crippen molar-refractivity contribution in [1.82, 2.24) is 19.5 Å². The zero-order valence-electron chi connectivity index (χ0n) is 20.8. The van der Waals surface area contributed by atoms with E-state index in [-0.39, 0.29) is 46.5 Å². The van der Waals surface area contributed by atoms with Gasteiger partial charge in [0.25, 0.3) is 5.56 Å². The monoisotopic (exact) mass is 475 g/mol. The molecule has 1 aliphatic rings. The number of rotatable bonds is 7. The Balaban J connectivity index is 1.92. The predicted molar refractivity (Wildman–Crippen MR) is 131 cm³/mol. The van der Waals surface area contributed by atoms with E-state index in [1.165, 1.54) is 0 Å². The zero-order chi connectivity index (χ0) is 24.7. The Morgan fingerprint density at radius 1 is 1.39 bits per heavy atom. The molecular formula is C23H37N5O4Si. The number of aromatic nitrogens is 4. The SMILES string of the molecule is C=C1[C@H](CO[Si](C)(C)C(C)(C)C)[C@@H](OC(=O)CC(C)C)C[C@@H]1n1cnc2c(=O)[nH]c(N)nc21. The fourth-order valence-corrected chi connectivity index (χ4v) is 4.92. The van der Waals surface area contributed by atoms with Crippen LogP contribution >= 0.6 is 0 Å². The van der Waals surface area contributed by atoms with Crippen molar-refractivity contribution in [3.8, 4) is 0 Å². The highest BCUT2D eigenvalue weighted by Gasteiger charge is 2.44. The van der Waals surface area contributed by atoms with Crippen LogP contribution in [0.1, 0.15) is 53.5 Å². The van der Waals surface area contributed by atoms with Crippen LogP contribution in [0.4, 0.5) is 5.95 Å². The van der Waals surface area contributed by atoms with Gasteiger partial charge in [0, 0.05) is 25.4 Å². The van der Waals surface area contributed by atoms with Crippen molar-refractivity contribution in [2.24, 2.45) is 11.8 Å². The van der Waals surface area contributed by atoms with Crippen molar-refractivity contribution >= 4 is 31.4 Å². The first-order valence-corrected chi connectivity index (χ1v) is 14.4. The van der Waals surface area contributed by atoms with Crippen molar-refractivity contribution in [2.75, 3.05) is 12.3 Å². The molecule has 182 valence electrons. The minimum absolute atomic E-state index is 0.0237. The number of esters is 1. The second kappa shape index (κ2) is 9.06. The summed E-state index contributed by atoms with van der Waals surface area (Å²) in [7, 11) is -2.02. The summed E-state index contributed by atoms with van der Waals surface area (Å²) in [5, 5.41) is 0.0547. The molecule has 0 aromatic carbocycles. The molecule has 3 rings (SSSR count). The Bertz CT molecular complexity index is 1100. The van der Waals surface area contributed by atoms with E-state index in [9.17, 15) is 9.59 Å². The van der Waals surface area contributed by atoms with Gasteiger partial charge in [-0.1, -0.05) is 41.2 Å².